The van der Waals surface area contributed by atoms with Crippen LogP contribution in [0.1, 0.15) is 51.6 Å². The summed E-state index contributed by atoms with van der Waals surface area (Å²) in [7, 11) is 1.80. The highest BCUT2D eigenvalue weighted by Gasteiger charge is 2.23. The van der Waals surface area contributed by atoms with E-state index in [1.807, 2.05) is 29.7 Å². The molecule has 0 N–H and O–H groups in total. The molecule has 3 nitrogen and oxygen atoms in total. The first-order valence-electron chi connectivity index (χ1n) is 12.1. The van der Waals surface area contributed by atoms with Crippen LogP contribution in [0.5, 0.6) is 0 Å². The molecule has 0 spiro atoms. The quantitative estimate of drug-likeness (QED) is 0.430. The summed E-state index contributed by atoms with van der Waals surface area (Å²) in [4.78, 5) is 0. The van der Waals surface area contributed by atoms with Crippen molar-refractivity contribution in [2.24, 2.45) is 7.05 Å². The fourth-order valence-corrected chi connectivity index (χ4v) is 3.59. The molecule has 0 aliphatic heterocycles. The van der Waals surface area contributed by atoms with E-state index in [1.54, 1.807) is 26.1 Å². The number of aromatic nitrogens is 1. The van der Waals surface area contributed by atoms with Gasteiger partial charge >= 0.3 is 0 Å². The minimum atomic E-state index is -3.09. The molecule has 0 aliphatic carbocycles. The molecule has 0 saturated carbocycles. The number of hydrogen-bond acceptors (Lipinski definition) is 2. The summed E-state index contributed by atoms with van der Waals surface area (Å²) in [5.74, 6) is -2.82. The molecule has 4 rings (SSSR count). The van der Waals surface area contributed by atoms with Crippen LogP contribution in [0.3, 0.4) is 0 Å². The van der Waals surface area contributed by atoms with Crippen molar-refractivity contribution in [1.82, 2.24) is 0 Å². The Balaban J connectivity index is 2.15. The largest absolute Gasteiger partial charge is 0.455 e. The van der Waals surface area contributed by atoms with Gasteiger partial charge < -0.3 is 4.42 Å². The Morgan fingerprint density at radius 2 is 2.00 bits per heavy atom. The summed E-state index contributed by atoms with van der Waals surface area (Å²) in [5.41, 5.74) is 3.99. The molecule has 0 radical (unpaired) electrons. The predicted molar refractivity (Wildman–Crippen MR) is 109 cm³/mol. The number of hydrogen-bond donors (Lipinski definition) is 0. The molecule has 3 heteroatoms. The van der Waals surface area contributed by atoms with Gasteiger partial charge in [0.25, 0.3) is 0 Å². The fraction of sp³-hybridized carbons (Fsp3) is 0.250. The Kier molecular flexibility index (Phi) is 2.52. The van der Waals surface area contributed by atoms with E-state index in [0.29, 0.717) is 28.1 Å². The normalized spacial score (nSPS) is 16.6. The van der Waals surface area contributed by atoms with Gasteiger partial charge in [-0.1, -0.05) is 31.9 Å². The number of para-hydroxylation sites is 1. The van der Waals surface area contributed by atoms with Crippen molar-refractivity contribution in [2.75, 3.05) is 0 Å². The van der Waals surface area contributed by atoms with Crippen molar-refractivity contribution < 1.29 is 18.6 Å². The number of aryl methyl sites for hydroxylation is 2. The van der Waals surface area contributed by atoms with Crippen molar-refractivity contribution in [3.05, 3.63) is 64.8 Å². The minimum Gasteiger partial charge on any atom is -0.455 e. The van der Waals surface area contributed by atoms with Crippen LogP contribution in [0.15, 0.2) is 46.9 Å². The van der Waals surface area contributed by atoms with Gasteiger partial charge in [0.2, 0.25) is 5.69 Å². The fourth-order valence-electron chi connectivity index (χ4n) is 3.59. The van der Waals surface area contributed by atoms with Crippen molar-refractivity contribution >= 4 is 21.9 Å². The number of furan rings is 1. The van der Waals surface area contributed by atoms with Crippen LogP contribution in [0.4, 0.5) is 0 Å². The third-order valence-electron chi connectivity index (χ3n) is 5.08. The molecule has 0 fully saturated rings. The maximum Gasteiger partial charge on any atom is 0.213 e. The van der Waals surface area contributed by atoms with Crippen LogP contribution < -0.4 is 4.57 Å². The lowest BCUT2D eigenvalue weighted by Gasteiger charge is -2.12. The van der Waals surface area contributed by atoms with E-state index in [1.165, 1.54) is 12.1 Å². The zero-order valence-electron chi connectivity index (χ0n) is 22.3. The van der Waals surface area contributed by atoms with Gasteiger partial charge in [-0.2, -0.15) is 9.83 Å². The molecule has 0 unspecified atom stereocenters. The predicted octanol–water partition coefficient (Wildman–Crippen LogP) is 5.69. The molecule has 0 aliphatic rings. The average Bonchev–Trinajstić information content (AvgIpc) is 3.12. The Morgan fingerprint density at radius 3 is 2.74 bits per heavy atom. The zero-order valence-corrected chi connectivity index (χ0v) is 15.3. The maximum absolute atomic E-state index is 9.52. The Labute approximate surface area is 169 Å². The van der Waals surface area contributed by atoms with Crippen molar-refractivity contribution in [3.63, 3.8) is 0 Å². The van der Waals surface area contributed by atoms with Gasteiger partial charge in [-0.15, -0.1) is 0 Å². The van der Waals surface area contributed by atoms with E-state index in [9.17, 15) is 5.26 Å². The second-order valence-corrected chi connectivity index (χ2v) is 6.73. The van der Waals surface area contributed by atoms with Crippen molar-refractivity contribution in [3.8, 4) is 17.3 Å². The molecule has 0 amide bonds. The van der Waals surface area contributed by atoms with Gasteiger partial charge in [-0.25, -0.2) is 0 Å². The number of nitrogens with zero attached hydrogens (tertiary/aromatic N) is 2. The number of benzene rings is 2. The molecule has 2 aromatic carbocycles. The Hall–Kier alpha value is -3.12. The van der Waals surface area contributed by atoms with Gasteiger partial charge in [-0.3, -0.25) is 0 Å². The van der Waals surface area contributed by atoms with E-state index < -0.39 is 19.6 Å². The molecular weight excluding hydrogens is 332 g/mol. The third kappa shape index (κ3) is 2.61. The van der Waals surface area contributed by atoms with E-state index in [4.69, 9.17) is 14.0 Å². The van der Waals surface area contributed by atoms with Gasteiger partial charge in [-0.05, 0) is 36.1 Å². The van der Waals surface area contributed by atoms with Crippen LogP contribution in [0, 0.1) is 25.2 Å². The van der Waals surface area contributed by atoms with Gasteiger partial charge in [0.05, 0.1) is 11.1 Å². The van der Waals surface area contributed by atoms with Crippen LogP contribution in [0.2, 0.25) is 0 Å². The lowest BCUT2D eigenvalue weighted by Crippen LogP contribution is -2.35. The van der Waals surface area contributed by atoms with Gasteiger partial charge in [0, 0.05) is 39.4 Å². The summed E-state index contributed by atoms with van der Waals surface area (Å²) in [6, 6.07) is 14.0. The molecule has 4 aromatic rings. The zero-order chi connectivity index (χ0) is 25.2. The monoisotopic (exact) mass is 362 g/mol. The summed E-state index contributed by atoms with van der Waals surface area (Å²) in [6.07, 6.45) is 0. The van der Waals surface area contributed by atoms with E-state index >= 15 is 0 Å². The summed E-state index contributed by atoms with van der Waals surface area (Å²) >= 11 is 0. The van der Waals surface area contributed by atoms with Crippen LogP contribution >= 0.6 is 0 Å². The Morgan fingerprint density at radius 1 is 1.19 bits per heavy atom. The smallest absolute Gasteiger partial charge is 0.213 e. The highest BCUT2D eigenvalue weighted by atomic mass is 16.3. The van der Waals surface area contributed by atoms with Crippen LogP contribution in [-0.4, -0.2) is 0 Å². The molecule has 0 bridgehead atoms. The SMILES string of the molecule is [2H]C([2H])([2H])C([2H])(c1cc(C)[n+](C)c(-c2c(C)ccc3oc4c(C#N)cccc4c23)c1)C([2H])([2H])[2H]. The third-order valence-corrected chi connectivity index (χ3v) is 5.08. The molecule has 0 saturated heterocycles. The first kappa shape index (κ1) is 10.9. The molecular formula is C24H23N2O+. The minimum absolute atomic E-state index is 0.111. The first-order chi connectivity index (χ1) is 15.7. The Bertz CT molecular complexity index is 1480. The van der Waals surface area contributed by atoms with Gasteiger partial charge in [0.15, 0.2) is 11.3 Å². The second kappa shape index (κ2) is 6.25. The highest BCUT2D eigenvalue weighted by molar-refractivity contribution is 6.13. The number of pyridine rings is 1. The number of fused-ring (bicyclic) bond motifs is 3. The summed E-state index contributed by atoms with van der Waals surface area (Å²) < 4.78 is 64.0. The molecule has 27 heavy (non-hydrogen) atoms. The van der Waals surface area contributed by atoms with E-state index in [0.717, 1.165) is 21.9 Å². The average molecular weight is 363 g/mol. The molecule has 134 valence electrons. The lowest BCUT2D eigenvalue weighted by molar-refractivity contribution is -0.666. The maximum atomic E-state index is 9.52. The summed E-state index contributed by atoms with van der Waals surface area (Å²) in [6.45, 7) is -2.55. The highest BCUT2D eigenvalue weighted by Crippen LogP contribution is 2.39. The van der Waals surface area contributed by atoms with Crippen LogP contribution in [0.25, 0.3) is 33.2 Å². The van der Waals surface area contributed by atoms with E-state index in [-0.39, 0.29) is 5.56 Å². The molecule has 2 heterocycles. The van der Waals surface area contributed by atoms with Crippen molar-refractivity contribution in [2.45, 2.75) is 33.4 Å². The summed E-state index contributed by atoms with van der Waals surface area (Å²) in [5, 5.41) is 11.0. The standard InChI is InChI=1S/C24H23N2O/c1-14(2)18-11-16(4)26(5)20(12-18)22-15(3)9-10-21-23(22)19-8-6-7-17(13-25)24(19)27-21/h6-12,14H,1-5H3/q+1/i1D3,2D3,14D. The van der Waals surface area contributed by atoms with Gasteiger partial charge in [0.1, 0.15) is 18.7 Å². The topological polar surface area (TPSA) is 40.8 Å². The number of nitriles is 1. The van der Waals surface area contributed by atoms with E-state index in [2.05, 4.69) is 6.07 Å². The second-order valence-electron chi connectivity index (χ2n) is 6.73. The molecule has 2 aromatic heterocycles. The number of rotatable bonds is 2. The van der Waals surface area contributed by atoms with Crippen LogP contribution in [-0.2, 0) is 7.05 Å². The molecule has 0 atom stereocenters. The van der Waals surface area contributed by atoms with Crippen molar-refractivity contribution in [1.29, 1.82) is 5.26 Å². The lowest BCUT2D eigenvalue weighted by atomic mass is 9.94. The first-order valence-corrected chi connectivity index (χ1v) is 8.59.